The number of hydrogen-bond acceptors (Lipinski definition) is 2. The van der Waals surface area contributed by atoms with Crippen LogP contribution in [0.5, 0.6) is 5.75 Å². The van der Waals surface area contributed by atoms with Crippen molar-refractivity contribution in [2.24, 2.45) is 0 Å². The maximum Gasteiger partial charge on any atom is 0.130 e. The fourth-order valence-corrected chi connectivity index (χ4v) is 1.54. The van der Waals surface area contributed by atoms with Crippen molar-refractivity contribution >= 4 is 0 Å². The minimum atomic E-state index is 0.533. The number of H-pyrrole nitrogens is 1. The summed E-state index contributed by atoms with van der Waals surface area (Å²) in [5, 5.41) is 0. The number of para-hydroxylation sites is 1. The molecule has 0 aliphatic rings. The predicted molar refractivity (Wildman–Crippen MR) is 58.8 cm³/mol. The van der Waals surface area contributed by atoms with Crippen molar-refractivity contribution < 1.29 is 4.74 Å². The number of benzene rings is 1. The normalized spacial score (nSPS) is 10.3. The molecule has 0 aliphatic heterocycles. The number of aryl methyl sites for hydroxylation is 2. The first-order chi connectivity index (χ1) is 7.27. The van der Waals surface area contributed by atoms with Crippen LogP contribution in [0.4, 0.5) is 0 Å². The summed E-state index contributed by atoms with van der Waals surface area (Å²) >= 11 is 0. The van der Waals surface area contributed by atoms with Crippen LogP contribution in [0.2, 0.25) is 0 Å². The summed E-state index contributed by atoms with van der Waals surface area (Å²) in [6.07, 6.45) is 3.43. The molecular formula is C12H14N2O. The molecular weight excluding hydrogens is 188 g/mol. The Morgan fingerprint density at radius 1 is 1.27 bits per heavy atom. The van der Waals surface area contributed by atoms with Crippen LogP contribution in [0.1, 0.15) is 16.8 Å². The van der Waals surface area contributed by atoms with E-state index in [1.807, 2.05) is 6.07 Å². The molecule has 3 heteroatoms. The lowest BCUT2D eigenvalue weighted by Crippen LogP contribution is -1.98. The van der Waals surface area contributed by atoms with E-state index in [2.05, 4.69) is 35.9 Å². The number of aromatic amines is 1. The van der Waals surface area contributed by atoms with Gasteiger partial charge in [0.05, 0.1) is 18.2 Å². The van der Waals surface area contributed by atoms with Crippen LogP contribution in [-0.2, 0) is 6.61 Å². The van der Waals surface area contributed by atoms with Crippen LogP contribution in [-0.4, -0.2) is 9.97 Å². The smallest absolute Gasteiger partial charge is 0.130 e. The third-order valence-corrected chi connectivity index (χ3v) is 2.34. The molecule has 2 rings (SSSR count). The van der Waals surface area contributed by atoms with E-state index in [1.165, 1.54) is 0 Å². The van der Waals surface area contributed by atoms with Crippen molar-refractivity contribution in [2.45, 2.75) is 20.5 Å². The Morgan fingerprint density at radius 3 is 2.60 bits per heavy atom. The van der Waals surface area contributed by atoms with Gasteiger partial charge in [0, 0.05) is 0 Å². The van der Waals surface area contributed by atoms with Crippen molar-refractivity contribution in [1.82, 2.24) is 9.97 Å². The summed E-state index contributed by atoms with van der Waals surface area (Å²) in [4.78, 5) is 6.95. The second kappa shape index (κ2) is 4.17. The first-order valence-corrected chi connectivity index (χ1v) is 4.93. The van der Waals surface area contributed by atoms with E-state index in [9.17, 15) is 0 Å². The van der Waals surface area contributed by atoms with Gasteiger partial charge in [-0.15, -0.1) is 0 Å². The number of nitrogens with one attached hydrogen (secondary N) is 1. The highest BCUT2D eigenvalue weighted by atomic mass is 16.5. The monoisotopic (exact) mass is 202 g/mol. The molecule has 0 aliphatic carbocycles. The number of nitrogens with zero attached hydrogens (tertiary/aromatic N) is 1. The van der Waals surface area contributed by atoms with Crippen LogP contribution in [0.3, 0.4) is 0 Å². The van der Waals surface area contributed by atoms with E-state index in [-0.39, 0.29) is 0 Å². The van der Waals surface area contributed by atoms with Gasteiger partial charge in [0.25, 0.3) is 0 Å². The van der Waals surface area contributed by atoms with Crippen LogP contribution >= 0.6 is 0 Å². The van der Waals surface area contributed by atoms with Crippen molar-refractivity contribution in [3.63, 3.8) is 0 Å². The molecule has 1 N–H and O–H groups in total. The average Bonchev–Trinajstić information content (AvgIpc) is 2.70. The molecule has 15 heavy (non-hydrogen) atoms. The molecule has 3 nitrogen and oxygen atoms in total. The predicted octanol–water partition coefficient (Wildman–Crippen LogP) is 2.61. The maximum absolute atomic E-state index is 5.74. The quantitative estimate of drug-likeness (QED) is 0.830. The van der Waals surface area contributed by atoms with E-state index < -0.39 is 0 Å². The third-order valence-electron chi connectivity index (χ3n) is 2.34. The second-order valence-electron chi connectivity index (χ2n) is 3.59. The Kier molecular flexibility index (Phi) is 2.72. The van der Waals surface area contributed by atoms with Crippen LogP contribution in [0.25, 0.3) is 0 Å². The fraction of sp³-hybridized carbons (Fsp3) is 0.250. The first-order valence-electron chi connectivity index (χ1n) is 4.93. The summed E-state index contributed by atoms with van der Waals surface area (Å²) < 4.78 is 5.74. The van der Waals surface area contributed by atoms with E-state index in [4.69, 9.17) is 4.74 Å². The molecule has 1 heterocycles. The topological polar surface area (TPSA) is 37.9 Å². The Morgan fingerprint density at radius 2 is 2.00 bits per heavy atom. The van der Waals surface area contributed by atoms with Gasteiger partial charge in [0.2, 0.25) is 0 Å². The molecule has 78 valence electrons. The van der Waals surface area contributed by atoms with Gasteiger partial charge < -0.3 is 9.72 Å². The van der Waals surface area contributed by atoms with E-state index >= 15 is 0 Å². The molecule has 0 saturated heterocycles. The van der Waals surface area contributed by atoms with Crippen molar-refractivity contribution in [3.8, 4) is 5.75 Å². The van der Waals surface area contributed by atoms with Crippen molar-refractivity contribution in [2.75, 3.05) is 0 Å². The van der Waals surface area contributed by atoms with Crippen molar-refractivity contribution in [1.29, 1.82) is 0 Å². The zero-order chi connectivity index (χ0) is 10.7. The minimum Gasteiger partial charge on any atom is -0.487 e. The van der Waals surface area contributed by atoms with Crippen LogP contribution in [0.15, 0.2) is 30.7 Å². The van der Waals surface area contributed by atoms with Crippen molar-refractivity contribution in [3.05, 3.63) is 47.5 Å². The third kappa shape index (κ3) is 2.18. The first kappa shape index (κ1) is 9.77. The standard InChI is InChI=1S/C12H14N2O/c1-9-4-3-5-10(2)12(9)15-7-11-6-13-8-14-11/h3-6,8H,7H2,1-2H3,(H,13,14). The molecule has 0 unspecified atom stereocenters. The highest BCUT2D eigenvalue weighted by Gasteiger charge is 2.03. The summed E-state index contributed by atoms with van der Waals surface area (Å²) in [5.74, 6) is 0.965. The van der Waals surface area contributed by atoms with Gasteiger partial charge in [0.1, 0.15) is 12.4 Å². The van der Waals surface area contributed by atoms with E-state index in [1.54, 1.807) is 12.5 Å². The summed E-state index contributed by atoms with van der Waals surface area (Å²) in [6.45, 7) is 4.64. The van der Waals surface area contributed by atoms with E-state index in [0.29, 0.717) is 6.61 Å². The lowest BCUT2D eigenvalue weighted by atomic mass is 10.1. The maximum atomic E-state index is 5.74. The van der Waals surface area contributed by atoms with Crippen LogP contribution < -0.4 is 4.74 Å². The Bertz CT molecular complexity index is 415. The molecule has 0 bridgehead atoms. The lowest BCUT2D eigenvalue weighted by Gasteiger charge is -2.10. The Balaban J connectivity index is 2.11. The SMILES string of the molecule is Cc1cccc(C)c1OCc1cnc[nH]1. The summed E-state index contributed by atoms with van der Waals surface area (Å²) in [7, 11) is 0. The molecule has 0 fully saturated rings. The highest BCUT2D eigenvalue weighted by molar-refractivity contribution is 5.39. The van der Waals surface area contributed by atoms with Gasteiger partial charge >= 0.3 is 0 Å². The molecule has 1 aromatic heterocycles. The molecule has 2 aromatic rings. The van der Waals surface area contributed by atoms with E-state index in [0.717, 1.165) is 22.6 Å². The number of rotatable bonds is 3. The number of imidazole rings is 1. The van der Waals surface area contributed by atoms with Gasteiger partial charge in [-0.05, 0) is 25.0 Å². The van der Waals surface area contributed by atoms with Gasteiger partial charge in [-0.1, -0.05) is 18.2 Å². The van der Waals surface area contributed by atoms with Gasteiger partial charge in [0.15, 0.2) is 0 Å². The van der Waals surface area contributed by atoms with Crippen LogP contribution in [0, 0.1) is 13.8 Å². The molecule has 0 spiro atoms. The highest BCUT2D eigenvalue weighted by Crippen LogP contribution is 2.22. The Labute approximate surface area is 89.1 Å². The zero-order valence-electron chi connectivity index (χ0n) is 8.95. The van der Waals surface area contributed by atoms with Gasteiger partial charge in [-0.3, -0.25) is 0 Å². The molecule has 0 radical (unpaired) electrons. The molecule has 0 amide bonds. The van der Waals surface area contributed by atoms with Gasteiger partial charge in [-0.2, -0.15) is 0 Å². The molecule has 0 saturated carbocycles. The molecule has 0 atom stereocenters. The second-order valence-corrected chi connectivity index (χ2v) is 3.59. The van der Waals surface area contributed by atoms with Gasteiger partial charge in [-0.25, -0.2) is 4.98 Å². The summed E-state index contributed by atoms with van der Waals surface area (Å²) in [6, 6.07) is 6.14. The lowest BCUT2D eigenvalue weighted by molar-refractivity contribution is 0.298. The molecule has 1 aromatic carbocycles. The largest absolute Gasteiger partial charge is 0.487 e. The number of aromatic nitrogens is 2. The fourth-order valence-electron chi connectivity index (χ4n) is 1.54. The number of ether oxygens (including phenoxy) is 1. The minimum absolute atomic E-state index is 0.533. The Hall–Kier alpha value is -1.77. The zero-order valence-corrected chi connectivity index (χ0v) is 8.95. The number of hydrogen-bond donors (Lipinski definition) is 1. The summed E-state index contributed by atoms with van der Waals surface area (Å²) in [5.41, 5.74) is 3.31. The average molecular weight is 202 g/mol.